The van der Waals surface area contributed by atoms with Crippen molar-refractivity contribution in [1.29, 1.82) is 0 Å². The van der Waals surface area contributed by atoms with Crippen molar-refractivity contribution in [3.05, 3.63) is 82.4 Å². The largest absolute Gasteiger partial charge is 0.354 e. The fourth-order valence-corrected chi connectivity index (χ4v) is 5.78. The van der Waals surface area contributed by atoms with Crippen LogP contribution in [0, 0.1) is 5.92 Å². The van der Waals surface area contributed by atoms with Gasteiger partial charge in [0.15, 0.2) is 5.65 Å². The lowest BCUT2D eigenvalue weighted by Gasteiger charge is -2.32. The van der Waals surface area contributed by atoms with E-state index in [1.165, 1.54) is 5.56 Å². The quantitative estimate of drug-likeness (QED) is 0.410. The Morgan fingerprint density at radius 2 is 1.82 bits per heavy atom. The number of carbonyl (C=O) groups excluding carboxylic acids is 1. The van der Waals surface area contributed by atoms with Crippen LogP contribution in [0.25, 0.3) is 5.65 Å². The van der Waals surface area contributed by atoms with Gasteiger partial charge in [-0.15, -0.1) is 15.3 Å². The number of carbonyl (C=O) groups is 1. The molecule has 3 aromatic heterocycles. The molecule has 0 radical (unpaired) electrons. The maximum Gasteiger partial charge on any atom is 0.228 e. The van der Waals surface area contributed by atoms with Crippen LogP contribution >= 0.6 is 23.2 Å². The monoisotopic (exact) mass is 550 g/mol. The van der Waals surface area contributed by atoms with Gasteiger partial charge in [0, 0.05) is 61.6 Å². The predicted octanol–water partition coefficient (Wildman–Crippen LogP) is 4.00. The number of anilines is 1. The zero-order chi connectivity index (χ0) is 26.1. The molecule has 0 bridgehead atoms. The van der Waals surface area contributed by atoms with Gasteiger partial charge in [-0.1, -0.05) is 35.3 Å². The van der Waals surface area contributed by atoms with Crippen molar-refractivity contribution in [2.24, 2.45) is 5.92 Å². The third-order valence-corrected chi connectivity index (χ3v) is 7.99. The number of pyridine rings is 1. The second-order valence-electron chi connectivity index (χ2n) is 9.87. The van der Waals surface area contributed by atoms with E-state index in [0.717, 1.165) is 42.5 Å². The number of fused-ring (bicyclic) bond motifs is 1. The van der Waals surface area contributed by atoms with Crippen molar-refractivity contribution < 1.29 is 4.79 Å². The van der Waals surface area contributed by atoms with Crippen molar-refractivity contribution in [3.63, 3.8) is 0 Å². The highest BCUT2D eigenvalue weighted by atomic mass is 35.5. The molecule has 1 N–H and O–H groups in total. The van der Waals surface area contributed by atoms with Gasteiger partial charge in [-0.05, 0) is 54.8 Å². The Bertz CT molecular complexity index is 1400. The molecule has 2 aliphatic rings. The summed E-state index contributed by atoms with van der Waals surface area (Å²) in [5.41, 5.74) is 2.78. The van der Waals surface area contributed by atoms with Gasteiger partial charge in [-0.2, -0.15) is 4.52 Å². The first-order chi connectivity index (χ1) is 18.5. The first-order valence-electron chi connectivity index (χ1n) is 12.9. The topological polar surface area (TPSA) is 91.5 Å². The maximum atomic E-state index is 14.0. The van der Waals surface area contributed by atoms with Crippen LogP contribution in [0.5, 0.6) is 0 Å². The molecule has 0 saturated carbocycles. The van der Waals surface area contributed by atoms with E-state index in [2.05, 4.69) is 42.6 Å². The molecule has 2 aliphatic heterocycles. The number of benzene rings is 1. The fourth-order valence-electron chi connectivity index (χ4n) is 5.54. The van der Waals surface area contributed by atoms with E-state index in [-0.39, 0.29) is 23.8 Å². The van der Waals surface area contributed by atoms with Crippen LogP contribution in [-0.2, 0) is 4.79 Å². The highest BCUT2D eigenvalue weighted by Crippen LogP contribution is 2.36. The SMILES string of the molecule is O=C([C@@H]1CN(c2ccc3nncn3n2)C[C@H]1c1ccc(Cl)cn1)N1CCC[C@H](c2ccc(Cl)cc2)NCC1. The van der Waals surface area contributed by atoms with E-state index in [0.29, 0.717) is 30.3 Å². The summed E-state index contributed by atoms with van der Waals surface area (Å²) >= 11 is 12.2. The average Bonchev–Trinajstić information content (AvgIpc) is 3.57. The molecule has 2 fully saturated rings. The van der Waals surface area contributed by atoms with Gasteiger partial charge < -0.3 is 15.1 Å². The number of aromatic nitrogens is 5. The summed E-state index contributed by atoms with van der Waals surface area (Å²) in [7, 11) is 0. The first kappa shape index (κ1) is 25.0. The molecule has 1 amide bonds. The molecule has 2 saturated heterocycles. The summed E-state index contributed by atoms with van der Waals surface area (Å²) in [5.74, 6) is 0.630. The number of rotatable bonds is 4. The predicted molar refractivity (Wildman–Crippen MR) is 146 cm³/mol. The van der Waals surface area contributed by atoms with E-state index in [4.69, 9.17) is 23.2 Å². The third kappa shape index (κ3) is 5.18. The van der Waals surface area contributed by atoms with Gasteiger partial charge in [-0.25, -0.2) is 0 Å². The van der Waals surface area contributed by atoms with E-state index in [1.807, 2.05) is 41.3 Å². The van der Waals surface area contributed by atoms with Gasteiger partial charge >= 0.3 is 0 Å². The Morgan fingerprint density at radius 3 is 2.63 bits per heavy atom. The zero-order valence-electron chi connectivity index (χ0n) is 20.7. The van der Waals surface area contributed by atoms with E-state index in [1.54, 1.807) is 17.0 Å². The first-order valence-corrected chi connectivity index (χ1v) is 13.6. The molecule has 0 aliphatic carbocycles. The summed E-state index contributed by atoms with van der Waals surface area (Å²) in [4.78, 5) is 22.8. The molecule has 6 rings (SSSR count). The van der Waals surface area contributed by atoms with Crippen LogP contribution in [0.2, 0.25) is 10.0 Å². The zero-order valence-corrected chi connectivity index (χ0v) is 22.3. The summed E-state index contributed by atoms with van der Waals surface area (Å²) in [6.07, 6.45) is 5.10. The molecular formula is C27H28Cl2N8O. The second kappa shape index (κ2) is 10.8. The third-order valence-electron chi connectivity index (χ3n) is 7.52. The standard InChI is InChI=1S/C27H28Cl2N8O/c28-19-5-3-18(4-6-19)23-2-1-12-35(13-11-30-23)27(38)22-16-36(15-21(22)24-8-7-20(29)14-31-24)26-10-9-25-33-32-17-37(25)34-26/h3-10,14,17,21-23,30H,1-2,11-13,15-16H2/t21-,22-,23-/m1/s1. The number of nitrogens with zero attached hydrogens (tertiary/aromatic N) is 7. The van der Waals surface area contributed by atoms with E-state index in [9.17, 15) is 4.79 Å². The molecule has 5 heterocycles. The van der Waals surface area contributed by atoms with Crippen molar-refractivity contribution >= 4 is 40.6 Å². The van der Waals surface area contributed by atoms with Crippen LogP contribution in [0.15, 0.2) is 61.1 Å². The Labute approximate surface area is 230 Å². The number of halogens is 2. The minimum absolute atomic E-state index is 0.0709. The second-order valence-corrected chi connectivity index (χ2v) is 10.7. The minimum atomic E-state index is -0.242. The van der Waals surface area contributed by atoms with E-state index < -0.39 is 0 Å². The summed E-state index contributed by atoms with van der Waals surface area (Å²) in [6.45, 7) is 3.31. The van der Waals surface area contributed by atoms with Gasteiger partial charge in [0.2, 0.25) is 5.91 Å². The molecule has 1 aromatic carbocycles. The molecule has 38 heavy (non-hydrogen) atoms. The molecule has 0 unspecified atom stereocenters. The number of amides is 1. The molecule has 4 aromatic rings. The Morgan fingerprint density at radius 1 is 0.974 bits per heavy atom. The van der Waals surface area contributed by atoms with Gasteiger partial charge in [-0.3, -0.25) is 9.78 Å². The van der Waals surface area contributed by atoms with Crippen LogP contribution < -0.4 is 10.2 Å². The molecule has 0 spiro atoms. The highest BCUT2D eigenvalue weighted by molar-refractivity contribution is 6.30. The lowest BCUT2D eigenvalue weighted by molar-refractivity contribution is -0.135. The van der Waals surface area contributed by atoms with Crippen molar-refractivity contribution in [3.8, 4) is 0 Å². The minimum Gasteiger partial charge on any atom is -0.354 e. The summed E-state index contributed by atoms with van der Waals surface area (Å²) in [6, 6.07) is 15.9. The number of hydrogen-bond donors (Lipinski definition) is 1. The van der Waals surface area contributed by atoms with Crippen molar-refractivity contribution in [2.45, 2.75) is 24.8 Å². The highest BCUT2D eigenvalue weighted by Gasteiger charge is 2.42. The molecule has 9 nitrogen and oxygen atoms in total. The van der Waals surface area contributed by atoms with Crippen molar-refractivity contribution in [1.82, 2.24) is 35.0 Å². The maximum absolute atomic E-state index is 14.0. The average molecular weight is 551 g/mol. The Kier molecular flexibility index (Phi) is 7.14. The Hall–Kier alpha value is -3.27. The smallest absolute Gasteiger partial charge is 0.228 e. The van der Waals surface area contributed by atoms with Crippen LogP contribution in [0.4, 0.5) is 5.82 Å². The van der Waals surface area contributed by atoms with Crippen LogP contribution in [0.3, 0.4) is 0 Å². The normalized spacial score (nSPS) is 22.4. The van der Waals surface area contributed by atoms with Crippen molar-refractivity contribution in [2.75, 3.05) is 37.6 Å². The van der Waals surface area contributed by atoms with Crippen LogP contribution in [-0.4, -0.2) is 68.3 Å². The summed E-state index contributed by atoms with van der Waals surface area (Å²) < 4.78 is 1.65. The lowest BCUT2D eigenvalue weighted by atomic mass is 9.90. The molecule has 3 atom stereocenters. The van der Waals surface area contributed by atoms with Gasteiger partial charge in [0.05, 0.1) is 10.9 Å². The van der Waals surface area contributed by atoms with Crippen LogP contribution in [0.1, 0.15) is 36.1 Å². The number of hydrogen-bond acceptors (Lipinski definition) is 7. The van der Waals surface area contributed by atoms with E-state index >= 15 is 0 Å². The van der Waals surface area contributed by atoms with Gasteiger partial charge in [0.25, 0.3) is 0 Å². The Balaban J connectivity index is 1.20. The number of nitrogens with one attached hydrogen (secondary N) is 1. The molecule has 196 valence electrons. The molecular weight excluding hydrogens is 523 g/mol. The lowest BCUT2D eigenvalue weighted by Crippen LogP contribution is -2.45. The fraction of sp³-hybridized carbons (Fsp3) is 0.370. The van der Waals surface area contributed by atoms with Gasteiger partial charge in [0.1, 0.15) is 12.1 Å². The summed E-state index contributed by atoms with van der Waals surface area (Å²) in [5, 5.41) is 17.6. The molecule has 11 heteroatoms.